The van der Waals surface area contributed by atoms with Gasteiger partial charge in [-0.2, -0.15) is 0 Å². The van der Waals surface area contributed by atoms with Crippen molar-refractivity contribution in [2.75, 3.05) is 78.5 Å². The molecule has 7 heteroatoms. The number of rotatable bonds is 9. The van der Waals surface area contributed by atoms with E-state index in [1.807, 2.05) is 0 Å². The van der Waals surface area contributed by atoms with Crippen molar-refractivity contribution in [3.05, 3.63) is 0 Å². The second-order valence-corrected chi connectivity index (χ2v) is 10.4. The van der Waals surface area contributed by atoms with Gasteiger partial charge in [-0.15, -0.1) is 0 Å². The van der Waals surface area contributed by atoms with Crippen LogP contribution in [-0.4, -0.2) is 135 Å². The monoisotopic (exact) mass is 440 g/mol. The first-order valence-corrected chi connectivity index (χ1v) is 12.6. The van der Waals surface area contributed by atoms with Crippen LogP contribution in [0.5, 0.6) is 0 Å². The zero-order valence-corrected chi connectivity index (χ0v) is 21.0. The summed E-state index contributed by atoms with van der Waals surface area (Å²) >= 11 is 0. The second-order valence-electron chi connectivity index (χ2n) is 10.4. The van der Waals surface area contributed by atoms with Gasteiger partial charge in [0.05, 0.1) is 36.6 Å². The highest BCUT2D eigenvalue weighted by atomic mass is 16.5. The Labute approximate surface area is 190 Å². The van der Waals surface area contributed by atoms with Gasteiger partial charge in [0.1, 0.15) is 0 Å². The Morgan fingerprint density at radius 1 is 0.484 bits per heavy atom. The van der Waals surface area contributed by atoms with E-state index in [9.17, 15) is 0 Å². The van der Waals surface area contributed by atoms with Crippen LogP contribution in [0.25, 0.3) is 0 Å². The lowest BCUT2D eigenvalue weighted by atomic mass is 10.2. The van der Waals surface area contributed by atoms with Crippen molar-refractivity contribution in [3.8, 4) is 0 Å². The molecule has 182 valence electrons. The van der Waals surface area contributed by atoms with Crippen LogP contribution in [0, 0.1) is 0 Å². The van der Waals surface area contributed by atoms with E-state index in [0.29, 0.717) is 36.6 Å². The molecule has 0 aliphatic carbocycles. The first kappa shape index (κ1) is 25.3. The van der Waals surface area contributed by atoms with Crippen LogP contribution >= 0.6 is 0 Å². The maximum atomic E-state index is 5.92. The third-order valence-electron chi connectivity index (χ3n) is 6.68. The number of hydrogen-bond donors (Lipinski definition) is 0. The SMILES string of the molecule is CC1CN(CCN(CCN2CC(C)OC(C)C2)CCN2CC(C)OC(C)C2)CC(C)O1. The van der Waals surface area contributed by atoms with Crippen LogP contribution in [0.1, 0.15) is 41.5 Å². The van der Waals surface area contributed by atoms with Crippen molar-refractivity contribution >= 4 is 0 Å². The molecule has 0 bridgehead atoms. The molecule has 3 saturated heterocycles. The van der Waals surface area contributed by atoms with E-state index in [0.717, 1.165) is 78.5 Å². The molecule has 0 spiro atoms. The van der Waals surface area contributed by atoms with E-state index in [-0.39, 0.29) is 0 Å². The fourth-order valence-corrected chi connectivity index (χ4v) is 5.58. The van der Waals surface area contributed by atoms with E-state index >= 15 is 0 Å². The smallest absolute Gasteiger partial charge is 0.0678 e. The van der Waals surface area contributed by atoms with Crippen LogP contribution in [-0.2, 0) is 14.2 Å². The molecule has 3 rings (SSSR count). The van der Waals surface area contributed by atoms with Crippen LogP contribution in [0.4, 0.5) is 0 Å². The van der Waals surface area contributed by atoms with Gasteiger partial charge in [0, 0.05) is 78.5 Å². The molecular weight excluding hydrogens is 392 g/mol. The van der Waals surface area contributed by atoms with Gasteiger partial charge in [-0.3, -0.25) is 19.6 Å². The highest BCUT2D eigenvalue weighted by Gasteiger charge is 2.26. The summed E-state index contributed by atoms with van der Waals surface area (Å²) in [6.45, 7) is 26.3. The lowest BCUT2D eigenvalue weighted by Crippen LogP contribution is -2.52. The van der Waals surface area contributed by atoms with Gasteiger partial charge in [0.2, 0.25) is 0 Å². The van der Waals surface area contributed by atoms with Crippen LogP contribution < -0.4 is 0 Å². The van der Waals surface area contributed by atoms with E-state index in [2.05, 4.69) is 61.1 Å². The molecule has 3 fully saturated rings. The number of nitrogens with zero attached hydrogens (tertiary/aromatic N) is 4. The Kier molecular flexibility index (Phi) is 10.0. The maximum absolute atomic E-state index is 5.92. The average molecular weight is 441 g/mol. The molecule has 3 aliphatic heterocycles. The van der Waals surface area contributed by atoms with Crippen LogP contribution in [0.15, 0.2) is 0 Å². The van der Waals surface area contributed by atoms with Gasteiger partial charge in [0.25, 0.3) is 0 Å². The minimum atomic E-state index is 0.338. The fourth-order valence-electron chi connectivity index (χ4n) is 5.58. The average Bonchev–Trinajstić information content (AvgIpc) is 2.65. The second kappa shape index (κ2) is 12.3. The van der Waals surface area contributed by atoms with Crippen molar-refractivity contribution in [1.29, 1.82) is 0 Å². The molecule has 0 saturated carbocycles. The Morgan fingerprint density at radius 2 is 0.710 bits per heavy atom. The molecular formula is C24H48N4O3. The maximum Gasteiger partial charge on any atom is 0.0678 e. The molecule has 0 aromatic heterocycles. The quantitative estimate of drug-likeness (QED) is 0.540. The highest BCUT2D eigenvalue weighted by molar-refractivity contribution is 4.79. The van der Waals surface area contributed by atoms with Crippen molar-refractivity contribution in [1.82, 2.24) is 19.6 Å². The minimum absolute atomic E-state index is 0.338. The lowest BCUT2D eigenvalue weighted by Gasteiger charge is -2.39. The van der Waals surface area contributed by atoms with E-state index in [1.165, 1.54) is 0 Å². The number of ether oxygens (including phenoxy) is 3. The Hall–Kier alpha value is -0.280. The molecule has 0 aromatic carbocycles. The topological polar surface area (TPSA) is 40.7 Å². The molecule has 3 aliphatic rings. The largest absolute Gasteiger partial charge is 0.373 e. The van der Waals surface area contributed by atoms with Gasteiger partial charge in [-0.05, 0) is 41.5 Å². The summed E-state index contributed by atoms with van der Waals surface area (Å²) in [5, 5.41) is 0. The Morgan fingerprint density at radius 3 is 0.935 bits per heavy atom. The zero-order valence-electron chi connectivity index (χ0n) is 21.0. The normalized spacial score (nSPS) is 36.9. The summed E-state index contributed by atoms with van der Waals surface area (Å²) in [6.07, 6.45) is 2.03. The standard InChI is InChI=1S/C24H48N4O3/c1-19-13-26(14-20(2)29-19)10-7-25(8-11-27-15-21(3)30-22(4)16-27)9-12-28-17-23(5)31-24(6)18-28/h19-24H,7-18H2,1-6H3. The summed E-state index contributed by atoms with van der Waals surface area (Å²) in [6, 6.07) is 0. The van der Waals surface area contributed by atoms with E-state index < -0.39 is 0 Å². The van der Waals surface area contributed by atoms with Crippen molar-refractivity contribution in [2.45, 2.75) is 78.2 Å². The first-order chi connectivity index (χ1) is 14.8. The summed E-state index contributed by atoms with van der Waals surface area (Å²) in [4.78, 5) is 10.4. The summed E-state index contributed by atoms with van der Waals surface area (Å²) in [7, 11) is 0. The molecule has 0 aromatic rings. The van der Waals surface area contributed by atoms with Crippen molar-refractivity contribution < 1.29 is 14.2 Å². The molecule has 0 N–H and O–H groups in total. The Bertz CT molecular complexity index is 424. The molecule has 31 heavy (non-hydrogen) atoms. The third-order valence-corrected chi connectivity index (χ3v) is 6.68. The van der Waals surface area contributed by atoms with Gasteiger partial charge in [-0.25, -0.2) is 0 Å². The van der Waals surface area contributed by atoms with Crippen LogP contribution in [0.2, 0.25) is 0 Å². The number of morpholine rings is 3. The fraction of sp³-hybridized carbons (Fsp3) is 1.00. The van der Waals surface area contributed by atoms with Gasteiger partial charge < -0.3 is 14.2 Å². The van der Waals surface area contributed by atoms with Gasteiger partial charge >= 0.3 is 0 Å². The molecule has 3 heterocycles. The summed E-state index contributed by atoms with van der Waals surface area (Å²) in [5.74, 6) is 0. The molecule has 0 radical (unpaired) electrons. The predicted octanol–water partition coefficient (Wildman–Crippen LogP) is 1.62. The first-order valence-electron chi connectivity index (χ1n) is 12.6. The number of hydrogen-bond acceptors (Lipinski definition) is 7. The molecule has 6 unspecified atom stereocenters. The van der Waals surface area contributed by atoms with Crippen molar-refractivity contribution in [2.24, 2.45) is 0 Å². The van der Waals surface area contributed by atoms with Gasteiger partial charge in [-0.1, -0.05) is 0 Å². The minimum Gasteiger partial charge on any atom is -0.373 e. The summed E-state index contributed by atoms with van der Waals surface area (Å²) in [5.41, 5.74) is 0. The zero-order chi connectivity index (χ0) is 22.4. The van der Waals surface area contributed by atoms with E-state index in [4.69, 9.17) is 14.2 Å². The lowest BCUT2D eigenvalue weighted by molar-refractivity contribution is -0.0758. The third kappa shape index (κ3) is 8.88. The van der Waals surface area contributed by atoms with E-state index in [1.54, 1.807) is 0 Å². The molecule has 6 atom stereocenters. The van der Waals surface area contributed by atoms with Gasteiger partial charge in [0.15, 0.2) is 0 Å². The van der Waals surface area contributed by atoms with Crippen LogP contribution in [0.3, 0.4) is 0 Å². The highest BCUT2D eigenvalue weighted by Crippen LogP contribution is 2.13. The Balaban J connectivity index is 1.50. The van der Waals surface area contributed by atoms with Crippen molar-refractivity contribution in [3.63, 3.8) is 0 Å². The summed E-state index contributed by atoms with van der Waals surface area (Å²) < 4.78 is 17.8. The molecule has 7 nitrogen and oxygen atoms in total. The predicted molar refractivity (Wildman–Crippen MR) is 126 cm³/mol. The molecule has 0 amide bonds.